The Balaban J connectivity index is 2.60. The molecule has 3 nitrogen and oxygen atoms in total. The van der Waals surface area contributed by atoms with Crippen LogP contribution in [0.1, 0.15) is 28.3 Å². The molecule has 21 heavy (non-hydrogen) atoms. The minimum Gasteiger partial charge on any atom is -0.271 e. The second kappa shape index (κ2) is 6.01. The highest BCUT2D eigenvalue weighted by molar-refractivity contribution is 6.31. The van der Waals surface area contributed by atoms with Crippen molar-refractivity contribution in [3.05, 3.63) is 63.9 Å². The molecule has 7 heteroatoms. The van der Waals surface area contributed by atoms with Crippen LogP contribution in [-0.2, 0) is 6.18 Å². The van der Waals surface area contributed by atoms with E-state index in [4.69, 9.17) is 17.4 Å². The summed E-state index contributed by atoms with van der Waals surface area (Å²) in [5.74, 6) is 5.48. The number of nitrogens with zero attached hydrogens (tertiary/aromatic N) is 1. The predicted octanol–water partition coefficient (Wildman–Crippen LogP) is 3.61. The van der Waals surface area contributed by atoms with Gasteiger partial charge >= 0.3 is 6.18 Å². The van der Waals surface area contributed by atoms with E-state index in [1.54, 1.807) is 25.1 Å². The first-order valence-corrected chi connectivity index (χ1v) is 6.46. The fourth-order valence-corrected chi connectivity index (χ4v) is 2.36. The van der Waals surface area contributed by atoms with Gasteiger partial charge < -0.3 is 0 Å². The molecule has 0 aliphatic carbocycles. The summed E-state index contributed by atoms with van der Waals surface area (Å²) in [4.78, 5) is 3.78. The summed E-state index contributed by atoms with van der Waals surface area (Å²) >= 11 is 6.03. The van der Waals surface area contributed by atoms with Crippen molar-refractivity contribution in [2.45, 2.75) is 19.1 Å². The van der Waals surface area contributed by atoms with Crippen LogP contribution in [0.4, 0.5) is 13.2 Å². The fourth-order valence-electron chi connectivity index (χ4n) is 2.18. The van der Waals surface area contributed by atoms with E-state index in [2.05, 4.69) is 10.4 Å². The first-order chi connectivity index (χ1) is 9.86. The highest BCUT2D eigenvalue weighted by Gasteiger charge is 2.35. The van der Waals surface area contributed by atoms with Crippen molar-refractivity contribution in [2.24, 2.45) is 5.84 Å². The van der Waals surface area contributed by atoms with Crippen molar-refractivity contribution >= 4 is 11.6 Å². The summed E-state index contributed by atoms with van der Waals surface area (Å²) in [6, 6.07) is 5.09. The lowest BCUT2D eigenvalue weighted by Crippen LogP contribution is -2.31. The number of rotatable bonds is 3. The number of nitrogens with two attached hydrogens (primary N) is 1. The summed E-state index contributed by atoms with van der Waals surface area (Å²) in [6.45, 7) is 1.73. The normalized spacial score (nSPS) is 13.2. The van der Waals surface area contributed by atoms with E-state index in [-0.39, 0.29) is 5.56 Å². The standard InChI is InChI=1S/C14H13ClF3N3/c1-8-9(3-2-4-12(8)15)13(21-19)10-7-20-6-5-11(10)14(16,17)18/h2-7,13,21H,19H2,1H3. The van der Waals surface area contributed by atoms with E-state index >= 15 is 0 Å². The molecule has 3 N–H and O–H groups in total. The van der Waals surface area contributed by atoms with E-state index in [0.717, 1.165) is 18.5 Å². The summed E-state index contributed by atoms with van der Waals surface area (Å²) in [7, 11) is 0. The highest BCUT2D eigenvalue weighted by Crippen LogP contribution is 2.37. The van der Waals surface area contributed by atoms with Crippen LogP contribution in [0, 0.1) is 6.92 Å². The third-order valence-electron chi connectivity index (χ3n) is 3.26. The van der Waals surface area contributed by atoms with Crippen molar-refractivity contribution in [2.75, 3.05) is 0 Å². The number of hydrogen-bond donors (Lipinski definition) is 2. The molecule has 0 bridgehead atoms. The van der Waals surface area contributed by atoms with Gasteiger partial charge in [0.2, 0.25) is 0 Å². The lowest BCUT2D eigenvalue weighted by molar-refractivity contribution is -0.138. The molecule has 0 aliphatic heterocycles. The first kappa shape index (κ1) is 15.8. The Morgan fingerprint density at radius 3 is 2.57 bits per heavy atom. The molecular weight excluding hydrogens is 303 g/mol. The van der Waals surface area contributed by atoms with Gasteiger partial charge in [-0.3, -0.25) is 10.8 Å². The molecule has 1 unspecified atom stereocenters. The number of hydrazine groups is 1. The second-order valence-electron chi connectivity index (χ2n) is 4.51. The molecule has 0 saturated carbocycles. The van der Waals surface area contributed by atoms with Gasteiger partial charge in [0.05, 0.1) is 11.6 Å². The summed E-state index contributed by atoms with van der Waals surface area (Å²) in [5, 5.41) is 0.463. The zero-order chi connectivity index (χ0) is 15.6. The van der Waals surface area contributed by atoms with Gasteiger partial charge in [0.1, 0.15) is 0 Å². The van der Waals surface area contributed by atoms with Gasteiger partial charge in [0, 0.05) is 23.0 Å². The molecule has 0 aliphatic rings. The maximum atomic E-state index is 13.1. The minimum absolute atomic E-state index is 0.0436. The molecule has 2 rings (SSSR count). The van der Waals surface area contributed by atoms with Gasteiger partial charge in [-0.25, -0.2) is 5.43 Å². The maximum absolute atomic E-state index is 13.1. The molecule has 112 valence electrons. The number of halogens is 4. The zero-order valence-electron chi connectivity index (χ0n) is 11.1. The van der Waals surface area contributed by atoms with Crippen LogP contribution in [0.2, 0.25) is 5.02 Å². The number of nitrogens with one attached hydrogen (secondary N) is 1. The van der Waals surface area contributed by atoms with Crippen LogP contribution in [-0.4, -0.2) is 4.98 Å². The summed E-state index contributed by atoms with van der Waals surface area (Å²) in [6.07, 6.45) is -2.22. The van der Waals surface area contributed by atoms with Crippen LogP contribution < -0.4 is 11.3 Å². The average molecular weight is 316 g/mol. The van der Waals surface area contributed by atoms with Gasteiger partial charge in [-0.05, 0) is 30.2 Å². The van der Waals surface area contributed by atoms with Gasteiger partial charge in [-0.1, -0.05) is 23.7 Å². The van der Waals surface area contributed by atoms with E-state index in [9.17, 15) is 13.2 Å². The number of pyridine rings is 1. The molecule has 1 heterocycles. The first-order valence-electron chi connectivity index (χ1n) is 6.08. The van der Waals surface area contributed by atoms with E-state index in [0.29, 0.717) is 16.1 Å². The van der Waals surface area contributed by atoms with Crippen molar-refractivity contribution in [1.82, 2.24) is 10.4 Å². The fraction of sp³-hybridized carbons (Fsp3) is 0.214. The Morgan fingerprint density at radius 2 is 1.95 bits per heavy atom. The molecule has 0 spiro atoms. The number of benzene rings is 1. The molecule has 1 aromatic carbocycles. The van der Waals surface area contributed by atoms with Crippen molar-refractivity contribution < 1.29 is 13.2 Å². The number of alkyl halides is 3. The summed E-state index contributed by atoms with van der Waals surface area (Å²) in [5.41, 5.74) is 2.83. The second-order valence-corrected chi connectivity index (χ2v) is 4.92. The number of aromatic nitrogens is 1. The Morgan fingerprint density at radius 1 is 1.24 bits per heavy atom. The van der Waals surface area contributed by atoms with Crippen LogP contribution in [0.25, 0.3) is 0 Å². The SMILES string of the molecule is Cc1c(Cl)cccc1C(NN)c1cnccc1C(F)(F)F. The Hall–Kier alpha value is -1.63. The molecule has 0 amide bonds. The third kappa shape index (κ3) is 3.18. The zero-order valence-corrected chi connectivity index (χ0v) is 11.8. The lowest BCUT2D eigenvalue weighted by atomic mass is 9.93. The molecule has 0 fully saturated rings. The summed E-state index contributed by atoms with van der Waals surface area (Å²) < 4.78 is 39.4. The van der Waals surface area contributed by atoms with E-state index < -0.39 is 17.8 Å². The molecule has 2 aromatic rings. The van der Waals surface area contributed by atoms with Gasteiger partial charge in [0.15, 0.2) is 0 Å². The minimum atomic E-state index is -4.49. The monoisotopic (exact) mass is 315 g/mol. The molecule has 1 aromatic heterocycles. The Kier molecular flexibility index (Phi) is 4.51. The van der Waals surface area contributed by atoms with Crippen LogP contribution >= 0.6 is 11.6 Å². The molecular formula is C14H13ClF3N3. The van der Waals surface area contributed by atoms with E-state index in [1.807, 2.05) is 0 Å². The van der Waals surface area contributed by atoms with Gasteiger partial charge in [-0.15, -0.1) is 0 Å². The van der Waals surface area contributed by atoms with Crippen molar-refractivity contribution in [3.8, 4) is 0 Å². The smallest absolute Gasteiger partial charge is 0.271 e. The predicted molar refractivity (Wildman–Crippen MR) is 74.6 cm³/mol. The van der Waals surface area contributed by atoms with Gasteiger partial charge in [-0.2, -0.15) is 13.2 Å². The molecule has 1 atom stereocenters. The van der Waals surface area contributed by atoms with Gasteiger partial charge in [0.25, 0.3) is 0 Å². The van der Waals surface area contributed by atoms with Crippen LogP contribution in [0.3, 0.4) is 0 Å². The Labute approximate surface area is 124 Å². The average Bonchev–Trinajstić information content (AvgIpc) is 2.44. The molecule has 0 saturated heterocycles. The topological polar surface area (TPSA) is 50.9 Å². The Bertz CT molecular complexity index is 644. The maximum Gasteiger partial charge on any atom is 0.416 e. The van der Waals surface area contributed by atoms with Crippen LogP contribution in [0.15, 0.2) is 36.7 Å². The third-order valence-corrected chi connectivity index (χ3v) is 3.67. The van der Waals surface area contributed by atoms with Crippen molar-refractivity contribution in [1.29, 1.82) is 0 Å². The number of hydrogen-bond acceptors (Lipinski definition) is 3. The van der Waals surface area contributed by atoms with E-state index in [1.165, 1.54) is 0 Å². The largest absolute Gasteiger partial charge is 0.416 e. The quantitative estimate of drug-likeness (QED) is 0.672. The highest BCUT2D eigenvalue weighted by atomic mass is 35.5. The van der Waals surface area contributed by atoms with Crippen LogP contribution in [0.5, 0.6) is 0 Å². The lowest BCUT2D eigenvalue weighted by Gasteiger charge is -2.22. The molecule has 0 radical (unpaired) electrons. The van der Waals surface area contributed by atoms with Crippen molar-refractivity contribution in [3.63, 3.8) is 0 Å².